The van der Waals surface area contributed by atoms with Gasteiger partial charge >= 0.3 is 0 Å². The second-order valence-electron chi connectivity index (χ2n) is 6.01. The number of hydrogen-bond acceptors (Lipinski definition) is 3. The first-order chi connectivity index (χ1) is 10.2. The number of aromatic amines is 1. The molecule has 0 amide bonds. The summed E-state index contributed by atoms with van der Waals surface area (Å²) in [6, 6.07) is 5.19. The lowest BCUT2D eigenvalue weighted by Crippen LogP contribution is -2.30. The molecule has 0 aliphatic rings. The van der Waals surface area contributed by atoms with Crippen molar-refractivity contribution in [1.29, 1.82) is 0 Å². The molecule has 1 aromatic heterocycles. The van der Waals surface area contributed by atoms with Gasteiger partial charge < -0.3 is 5.11 Å². The Bertz CT molecular complexity index is 759. The summed E-state index contributed by atoms with van der Waals surface area (Å²) in [6.45, 7) is 5.82. The highest BCUT2D eigenvalue weighted by molar-refractivity contribution is 7.71. The third-order valence-electron chi connectivity index (χ3n) is 3.18. The van der Waals surface area contributed by atoms with E-state index in [4.69, 9.17) is 35.4 Å². The smallest absolute Gasteiger partial charge is 0.220 e. The molecular weight excluding hydrogens is 341 g/mol. The molecule has 22 heavy (non-hydrogen) atoms. The number of H-pyrrole nitrogens is 1. The number of aliphatic hydroxyl groups is 1. The van der Waals surface area contributed by atoms with Gasteiger partial charge in [-0.05, 0) is 41.4 Å². The van der Waals surface area contributed by atoms with Crippen molar-refractivity contribution in [1.82, 2.24) is 14.8 Å². The van der Waals surface area contributed by atoms with Crippen molar-refractivity contribution in [3.05, 3.63) is 44.9 Å². The van der Waals surface area contributed by atoms with E-state index in [2.05, 4.69) is 10.1 Å². The summed E-state index contributed by atoms with van der Waals surface area (Å²) >= 11 is 17.3. The van der Waals surface area contributed by atoms with E-state index in [1.807, 2.05) is 20.8 Å². The highest BCUT2D eigenvalue weighted by Crippen LogP contribution is 2.31. The predicted molar refractivity (Wildman–Crippen MR) is 93.5 cm³/mol. The van der Waals surface area contributed by atoms with Crippen LogP contribution in [0, 0.1) is 10.2 Å². The third kappa shape index (κ3) is 3.79. The molecule has 2 rings (SSSR count). The Morgan fingerprint density at radius 1 is 1.41 bits per heavy atom. The fraction of sp³-hybridized carbons (Fsp3) is 0.333. The van der Waals surface area contributed by atoms with Gasteiger partial charge in [0.05, 0.1) is 5.70 Å². The molecule has 1 heterocycles. The van der Waals surface area contributed by atoms with Gasteiger partial charge in [-0.1, -0.05) is 50.0 Å². The summed E-state index contributed by atoms with van der Waals surface area (Å²) in [5.41, 5.74) is 0.921. The maximum absolute atomic E-state index is 10.7. The Labute approximate surface area is 144 Å². The molecule has 0 saturated carbocycles. The Morgan fingerprint density at radius 2 is 2.09 bits per heavy atom. The Kier molecular flexibility index (Phi) is 5.12. The molecule has 2 N–H and O–H groups in total. The number of aromatic nitrogens is 3. The van der Waals surface area contributed by atoms with E-state index >= 15 is 0 Å². The molecule has 0 radical (unpaired) electrons. The summed E-state index contributed by atoms with van der Waals surface area (Å²) in [6.07, 6.45) is 2.49. The van der Waals surface area contributed by atoms with Crippen LogP contribution in [0.2, 0.25) is 10.0 Å². The lowest BCUT2D eigenvalue weighted by molar-refractivity contribution is 0.109. The average molecular weight is 358 g/mol. The van der Waals surface area contributed by atoms with E-state index in [-0.39, 0.29) is 5.41 Å². The Hall–Kier alpha value is -1.14. The van der Waals surface area contributed by atoms with Crippen LogP contribution in [0.5, 0.6) is 0 Å². The first kappa shape index (κ1) is 17.2. The van der Waals surface area contributed by atoms with Crippen molar-refractivity contribution in [3.8, 4) is 0 Å². The van der Waals surface area contributed by atoms with Crippen LogP contribution in [-0.4, -0.2) is 26.0 Å². The van der Waals surface area contributed by atoms with Gasteiger partial charge in [0.1, 0.15) is 12.4 Å². The molecule has 0 aliphatic carbocycles. The normalized spacial score (nSPS) is 14.2. The van der Waals surface area contributed by atoms with Crippen molar-refractivity contribution in [3.63, 3.8) is 0 Å². The molecule has 0 spiro atoms. The number of hydrogen-bond donors (Lipinski definition) is 2. The molecule has 2 aromatic rings. The van der Waals surface area contributed by atoms with Crippen LogP contribution in [-0.2, 0) is 0 Å². The Morgan fingerprint density at radius 3 is 2.59 bits per heavy atom. The maximum atomic E-state index is 10.7. The van der Waals surface area contributed by atoms with Gasteiger partial charge in [-0.15, -0.1) is 0 Å². The summed E-state index contributed by atoms with van der Waals surface area (Å²) < 4.78 is 1.90. The van der Waals surface area contributed by atoms with Gasteiger partial charge in [-0.3, -0.25) is 5.10 Å². The largest absolute Gasteiger partial charge is 0.386 e. The molecule has 1 unspecified atom stereocenters. The van der Waals surface area contributed by atoms with Crippen LogP contribution in [0.4, 0.5) is 0 Å². The minimum Gasteiger partial charge on any atom is -0.386 e. The van der Waals surface area contributed by atoms with Crippen molar-refractivity contribution >= 4 is 47.2 Å². The maximum Gasteiger partial charge on any atom is 0.220 e. The topological polar surface area (TPSA) is 53.8 Å². The van der Waals surface area contributed by atoms with E-state index in [1.165, 1.54) is 6.33 Å². The highest BCUT2D eigenvalue weighted by atomic mass is 35.5. The molecule has 118 valence electrons. The minimum atomic E-state index is -0.772. The van der Waals surface area contributed by atoms with Crippen molar-refractivity contribution in [2.75, 3.05) is 0 Å². The zero-order valence-corrected chi connectivity index (χ0v) is 14.8. The van der Waals surface area contributed by atoms with E-state index in [1.54, 1.807) is 29.0 Å². The molecule has 0 bridgehead atoms. The standard InChI is InChI=1S/C15H17Cl2N3OS/c1-15(2,3)13(21)12(20-14(22)18-8-19-20)6-9-4-5-10(16)7-11(9)17/h4-8,13,21H,1-3H3,(H,18,19,22)/b12-6+. The predicted octanol–water partition coefficient (Wildman–Crippen LogP) is 4.65. The Balaban J connectivity index is 2.61. The fourth-order valence-electron chi connectivity index (χ4n) is 1.93. The summed E-state index contributed by atoms with van der Waals surface area (Å²) in [5.74, 6) is 0. The number of halogens is 2. The van der Waals surface area contributed by atoms with E-state index in [0.29, 0.717) is 20.5 Å². The molecule has 0 saturated heterocycles. The van der Waals surface area contributed by atoms with E-state index in [0.717, 1.165) is 5.56 Å². The summed E-state index contributed by atoms with van der Waals surface area (Å²) in [4.78, 5) is 4.00. The monoisotopic (exact) mass is 357 g/mol. The molecule has 0 aliphatic heterocycles. The molecule has 7 heteroatoms. The number of aliphatic hydroxyl groups excluding tert-OH is 1. The average Bonchev–Trinajstić information content (AvgIpc) is 2.82. The molecular formula is C15H17Cl2N3OS. The van der Waals surface area contributed by atoms with Crippen LogP contribution in [0.25, 0.3) is 11.8 Å². The zero-order chi connectivity index (χ0) is 16.5. The highest BCUT2D eigenvalue weighted by Gasteiger charge is 2.28. The van der Waals surface area contributed by atoms with Crippen LogP contribution in [0.3, 0.4) is 0 Å². The second kappa shape index (κ2) is 6.54. The van der Waals surface area contributed by atoms with Gasteiger partial charge in [-0.25, -0.2) is 9.67 Å². The number of nitrogens with one attached hydrogen (secondary N) is 1. The zero-order valence-electron chi connectivity index (χ0n) is 12.5. The van der Waals surface area contributed by atoms with E-state index in [9.17, 15) is 5.11 Å². The number of nitrogens with zero attached hydrogens (tertiary/aromatic N) is 2. The fourth-order valence-corrected chi connectivity index (χ4v) is 2.60. The molecule has 4 nitrogen and oxygen atoms in total. The second-order valence-corrected chi connectivity index (χ2v) is 7.22. The lowest BCUT2D eigenvalue weighted by Gasteiger charge is -2.28. The minimum absolute atomic E-state index is 0.333. The SMILES string of the molecule is CC(C)(C)C(O)/C(=C\c1ccc(Cl)cc1Cl)n1[nH]cnc1=S. The molecule has 1 aromatic carbocycles. The lowest BCUT2D eigenvalue weighted by atomic mass is 9.86. The van der Waals surface area contributed by atoms with Crippen LogP contribution >= 0.6 is 35.4 Å². The van der Waals surface area contributed by atoms with Crippen LogP contribution in [0.1, 0.15) is 26.3 Å². The van der Waals surface area contributed by atoms with Crippen molar-refractivity contribution in [2.45, 2.75) is 26.9 Å². The van der Waals surface area contributed by atoms with Gasteiger partial charge in [0.25, 0.3) is 0 Å². The van der Waals surface area contributed by atoms with Gasteiger partial charge in [0, 0.05) is 10.0 Å². The van der Waals surface area contributed by atoms with Crippen molar-refractivity contribution in [2.24, 2.45) is 5.41 Å². The number of benzene rings is 1. The van der Waals surface area contributed by atoms with Crippen molar-refractivity contribution < 1.29 is 5.11 Å². The van der Waals surface area contributed by atoms with Gasteiger partial charge in [0.2, 0.25) is 4.77 Å². The van der Waals surface area contributed by atoms with Crippen LogP contribution < -0.4 is 0 Å². The third-order valence-corrected chi connectivity index (χ3v) is 4.03. The first-order valence-electron chi connectivity index (χ1n) is 6.67. The summed E-state index contributed by atoms with van der Waals surface area (Å²) in [5, 5.41) is 14.7. The first-order valence-corrected chi connectivity index (χ1v) is 7.84. The molecule has 0 fully saturated rings. The van der Waals surface area contributed by atoms with Crippen LogP contribution in [0.15, 0.2) is 24.5 Å². The quantitative estimate of drug-likeness (QED) is 0.785. The van der Waals surface area contributed by atoms with Gasteiger partial charge in [0.15, 0.2) is 0 Å². The van der Waals surface area contributed by atoms with Gasteiger partial charge in [-0.2, -0.15) is 0 Å². The molecule has 1 atom stereocenters. The number of rotatable bonds is 3. The van der Waals surface area contributed by atoms with E-state index < -0.39 is 6.10 Å². The summed E-state index contributed by atoms with van der Waals surface area (Å²) in [7, 11) is 0.